The Balaban J connectivity index is 0.000000230. The smallest absolute Gasteiger partial charge is 0.0945 e. The van der Waals surface area contributed by atoms with Crippen molar-refractivity contribution < 1.29 is 0 Å². The Morgan fingerprint density at radius 1 is 0.800 bits per heavy atom. The zero-order valence-electron chi connectivity index (χ0n) is 16.1. The molecule has 1 aromatic carbocycles. The fourth-order valence-electron chi connectivity index (χ4n) is 3.34. The number of unbranched alkanes of at least 4 members (excludes halogenated alkanes) is 9. The molecule has 1 aromatic heterocycles. The molecule has 1 aliphatic carbocycles. The lowest BCUT2D eigenvalue weighted by molar-refractivity contribution is 0.534. The van der Waals surface area contributed by atoms with Crippen molar-refractivity contribution in [2.24, 2.45) is 0 Å². The molecule has 0 bridgehead atoms. The molecular weight excluding hydrogens is 304 g/mol. The van der Waals surface area contributed by atoms with Crippen molar-refractivity contribution in [2.75, 3.05) is 0 Å². The summed E-state index contributed by atoms with van der Waals surface area (Å²) >= 11 is 0. The SMILES string of the molecule is CCCCCCCCCCCCn1ccnc1.c1ccc2c(c1)CC2. The number of imidazole rings is 1. The van der Waals surface area contributed by atoms with Crippen LogP contribution in [0.4, 0.5) is 0 Å². The van der Waals surface area contributed by atoms with Crippen LogP contribution in [0.15, 0.2) is 43.0 Å². The van der Waals surface area contributed by atoms with Crippen LogP contribution in [0.3, 0.4) is 0 Å². The third kappa shape index (κ3) is 8.38. The van der Waals surface area contributed by atoms with Gasteiger partial charge in [-0.3, -0.25) is 0 Å². The van der Waals surface area contributed by atoms with E-state index in [-0.39, 0.29) is 0 Å². The summed E-state index contributed by atoms with van der Waals surface area (Å²) in [5.41, 5.74) is 3.10. The Labute approximate surface area is 154 Å². The lowest BCUT2D eigenvalue weighted by Gasteiger charge is -2.16. The van der Waals surface area contributed by atoms with Crippen LogP contribution in [0.5, 0.6) is 0 Å². The molecule has 2 heteroatoms. The number of fused-ring (bicyclic) bond motifs is 1. The Bertz CT molecular complexity index is 522. The second-order valence-corrected chi connectivity index (χ2v) is 7.25. The fraction of sp³-hybridized carbons (Fsp3) is 0.609. The van der Waals surface area contributed by atoms with Crippen LogP contribution in [0.2, 0.25) is 0 Å². The van der Waals surface area contributed by atoms with Gasteiger partial charge in [-0.2, -0.15) is 0 Å². The zero-order valence-corrected chi connectivity index (χ0v) is 16.1. The van der Waals surface area contributed by atoms with Gasteiger partial charge in [-0.25, -0.2) is 4.98 Å². The molecule has 0 fully saturated rings. The molecule has 3 rings (SSSR count). The van der Waals surface area contributed by atoms with Crippen LogP contribution in [0.25, 0.3) is 0 Å². The standard InChI is InChI=1S/C15H28N2.C8H8/c1-2-3-4-5-6-7-8-9-10-11-13-17-14-12-16-15-17;1-2-4-8-6-5-7(8)3-1/h12,14-15H,2-11,13H2,1H3;1-4H,5-6H2. The monoisotopic (exact) mass is 340 g/mol. The molecule has 0 saturated carbocycles. The summed E-state index contributed by atoms with van der Waals surface area (Å²) in [6.45, 7) is 3.41. The lowest BCUT2D eigenvalue weighted by atomic mass is 9.89. The summed E-state index contributed by atoms with van der Waals surface area (Å²) in [5.74, 6) is 0. The highest BCUT2D eigenvalue weighted by molar-refractivity contribution is 5.34. The maximum absolute atomic E-state index is 4.05. The molecule has 1 heterocycles. The molecule has 0 atom stereocenters. The van der Waals surface area contributed by atoms with Gasteiger partial charge in [0.15, 0.2) is 0 Å². The van der Waals surface area contributed by atoms with Crippen molar-refractivity contribution in [3.63, 3.8) is 0 Å². The first-order chi connectivity index (χ1) is 12.4. The second kappa shape index (κ2) is 12.7. The average molecular weight is 341 g/mol. The topological polar surface area (TPSA) is 17.8 Å². The maximum Gasteiger partial charge on any atom is 0.0945 e. The molecular formula is C23H36N2. The minimum absolute atomic E-state index is 1.14. The first kappa shape index (κ1) is 19.8. The number of benzene rings is 1. The van der Waals surface area contributed by atoms with Gasteiger partial charge in [-0.05, 0) is 30.4 Å². The van der Waals surface area contributed by atoms with Crippen LogP contribution < -0.4 is 0 Å². The van der Waals surface area contributed by atoms with Gasteiger partial charge in [0.05, 0.1) is 6.33 Å². The number of rotatable bonds is 11. The van der Waals surface area contributed by atoms with E-state index in [0.29, 0.717) is 0 Å². The second-order valence-electron chi connectivity index (χ2n) is 7.25. The van der Waals surface area contributed by atoms with E-state index >= 15 is 0 Å². The average Bonchev–Trinajstić information content (AvgIpc) is 3.12. The Hall–Kier alpha value is -1.57. The quantitative estimate of drug-likeness (QED) is 0.422. The molecule has 0 saturated heterocycles. The minimum atomic E-state index is 1.14. The Morgan fingerprint density at radius 2 is 1.36 bits per heavy atom. The first-order valence-electron chi connectivity index (χ1n) is 10.4. The Kier molecular flexibility index (Phi) is 10.1. The molecule has 0 N–H and O–H groups in total. The van der Waals surface area contributed by atoms with Gasteiger partial charge in [0.2, 0.25) is 0 Å². The summed E-state index contributed by atoms with van der Waals surface area (Å²) in [4.78, 5) is 4.05. The van der Waals surface area contributed by atoms with Crippen molar-refractivity contribution in [1.82, 2.24) is 9.55 Å². The number of nitrogens with zero attached hydrogens (tertiary/aromatic N) is 2. The number of aromatic nitrogens is 2. The van der Waals surface area contributed by atoms with Gasteiger partial charge in [0.1, 0.15) is 0 Å². The molecule has 25 heavy (non-hydrogen) atoms. The normalized spacial score (nSPS) is 12.0. The predicted octanol–water partition coefficient (Wildman–Crippen LogP) is 6.59. The summed E-state index contributed by atoms with van der Waals surface area (Å²) in [7, 11) is 0. The highest BCUT2D eigenvalue weighted by atomic mass is 15.0. The number of aryl methyl sites for hydroxylation is 3. The van der Waals surface area contributed by atoms with E-state index in [1.807, 2.05) is 18.7 Å². The highest BCUT2D eigenvalue weighted by Crippen LogP contribution is 2.20. The fourth-order valence-corrected chi connectivity index (χ4v) is 3.34. The predicted molar refractivity (Wildman–Crippen MR) is 108 cm³/mol. The molecule has 0 aliphatic heterocycles. The van der Waals surface area contributed by atoms with Crippen molar-refractivity contribution in [2.45, 2.75) is 90.5 Å². The summed E-state index contributed by atoms with van der Waals surface area (Å²) < 4.78 is 2.17. The lowest BCUT2D eigenvalue weighted by Crippen LogP contribution is -2.06. The minimum Gasteiger partial charge on any atom is -0.337 e. The van der Waals surface area contributed by atoms with Gasteiger partial charge < -0.3 is 4.57 Å². The van der Waals surface area contributed by atoms with Crippen molar-refractivity contribution in [3.8, 4) is 0 Å². The van der Waals surface area contributed by atoms with Crippen molar-refractivity contribution >= 4 is 0 Å². The van der Waals surface area contributed by atoms with Gasteiger partial charge in [0, 0.05) is 18.9 Å². The van der Waals surface area contributed by atoms with Gasteiger partial charge in [-0.1, -0.05) is 89.0 Å². The molecule has 2 nitrogen and oxygen atoms in total. The van der Waals surface area contributed by atoms with E-state index in [1.165, 1.54) is 77.0 Å². The van der Waals surface area contributed by atoms with E-state index in [9.17, 15) is 0 Å². The highest BCUT2D eigenvalue weighted by Gasteiger charge is 2.09. The Morgan fingerprint density at radius 3 is 1.80 bits per heavy atom. The molecule has 2 aromatic rings. The number of hydrogen-bond donors (Lipinski definition) is 0. The van der Waals surface area contributed by atoms with Crippen LogP contribution >= 0.6 is 0 Å². The third-order valence-corrected chi connectivity index (χ3v) is 5.11. The van der Waals surface area contributed by atoms with E-state index in [2.05, 4.69) is 40.7 Å². The summed E-state index contributed by atoms with van der Waals surface area (Å²) in [6.07, 6.45) is 22.5. The molecule has 0 radical (unpaired) electrons. The van der Waals surface area contributed by atoms with Gasteiger partial charge in [-0.15, -0.1) is 0 Å². The van der Waals surface area contributed by atoms with Crippen molar-refractivity contribution in [3.05, 3.63) is 54.1 Å². The van der Waals surface area contributed by atoms with Crippen LogP contribution in [-0.2, 0) is 19.4 Å². The van der Waals surface area contributed by atoms with Crippen molar-refractivity contribution in [1.29, 1.82) is 0 Å². The first-order valence-corrected chi connectivity index (χ1v) is 10.4. The summed E-state index contributed by atoms with van der Waals surface area (Å²) in [5, 5.41) is 0. The van der Waals surface area contributed by atoms with E-state index in [4.69, 9.17) is 0 Å². The zero-order chi connectivity index (χ0) is 17.6. The van der Waals surface area contributed by atoms with E-state index in [0.717, 1.165) is 6.54 Å². The maximum atomic E-state index is 4.05. The van der Waals surface area contributed by atoms with Crippen LogP contribution in [-0.4, -0.2) is 9.55 Å². The van der Waals surface area contributed by atoms with Gasteiger partial charge >= 0.3 is 0 Å². The van der Waals surface area contributed by atoms with E-state index < -0.39 is 0 Å². The van der Waals surface area contributed by atoms with Crippen LogP contribution in [0.1, 0.15) is 82.3 Å². The van der Waals surface area contributed by atoms with Gasteiger partial charge in [0.25, 0.3) is 0 Å². The van der Waals surface area contributed by atoms with E-state index in [1.54, 1.807) is 11.1 Å². The molecule has 0 amide bonds. The largest absolute Gasteiger partial charge is 0.337 e. The molecule has 1 aliphatic rings. The number of hydrogen-bond acceptors (Lipinski definition) is 1. The molecule has 0 spiro atoms. The molecule has 138 valence electrons. The third-order valence-electron chi connectivity index (χ3n) is 5.11. The summed E-state index contributed by atoms with van der Waals surface area (Å²) in [6, 6.07) is 8.63. The van der Waals surface area contributed by atoms with Crippen LogP contribution in [0, 0.1) is 0 Å². The molecule has 0 unspecified atom stereocenters.